The highest BCUT2D eigenvalue weighted by molar-refractivity contribution is 7.92. The number of ether oxygens (including phenoxy) is 1. The van der Waals surface area contributed by atoms with Crippen molar-refractivity contribution in [2.45, 2.75) is 43.6 Å². The lowest BCUT2D eigenvalue weighted by molar-refractivity contribution is 0.127. The summed E-state index contributed by atoms with van der Waals surface area (Å²) in [4.78, 5) is 0. The van der Waals surface area contributed by atoms with Crippen molar-refractivity contribution in [3.63, 3.8) is 0 Å². The molecule has 1 fully saturated rings. The molecule has 1 aromatic rings. The van der Waals surface area contributed by atoms with E-state index in [2.05, 4.69) is 5.32 Å². The van der Waals surface area contributed by atoms with Crippen molar-refractivity contribution in [1.82, 2.24) is 5.32 Å². The summed E-state index contributed by atoms with van der Waals surface area (Å²) in [6.45, 7) is 2.62. The van der Waals surface area contributed by atoms with Gasteiger partial charge < -0.3 is 10.1 Å². The number of hydrogen-bond donors (Lipinski definition) is 1. The molecule has 118 valence electrons. The smallest absolute Gasteiger partial charge is 0.157 e. The number of hydrogen-bond acceptors (Lipinski definition) is 4. The molecule has 5 heteroatoms. The van der Waals surface area contributed by atoms with Crippen LogP contribution in [0.15, 0.2) is 30.3 Å². The van der Waals surface area contributed by atoms with Crippen LogP contribution in [-0.4, -0.2) is 39.2 Å². The predicted molar refractivity (Wildman–Crippen MR) is 85.1 cm³/mol. The van der Waals surface area contributed by atoms with Crippen molar-refractivity contribution in [3.8, 4) is 0 Å². The second kappa shape index (κ2) is 7.38. The van der Waals surface area contributed by atoms with Crippen LogP contribution < -0.4 is 5.32 Å². The first-order valence-corrected chi connectivity index (χ1v) is 9.35. The van der Waals surface area contributed by atoms with E-state index in [0.717, 1.165) is 18.4 Å². The molecule has 21 heavy (non-hydrogen) atoms. The SMILES string of the molecule is CCC(C(NC)c1ccccc1)S(=O)(=O)CC1CCCO1. The lowest BCUT2D eigenvalue weighted by Gasteiger charge is -2.27. The zero-order valence-corrected chi connectivity index (χ0v) is 13.6. The topological polar surface area (TPSA) is 55.4 Å². The van der Waals surface area contributed by atoms with Crippen molar-refractivity contribution in [1.29, 1.82) is 0 Å². The van der Waals surface area contributed by atoms with Gasteiger partial charge in [-0.1, -0.05) is 37.3 Å². The van der Waals surface area contributed by atoms with Gasteiger partial charge in [0.05, 0.1) is 17.1 Å². The van der Waals surface area contributed by atoms with Crippen molar-refractivity contribution in [3.05, 3.63) is 35.9 Å². The molecule has 0 spiro atoms. The highest BCUT2D eigenvalue weighted by Gasteiger charge is 2.35. The molecule has 1 saturated heterocycles. The molecule has 0 aliphatic carbocycles. The average molecular weight is 311 g/mol. The van der Waals surface area contributed by atoms with Crippen molar-refractivity contribution < 1.29 is 13.2 Å². The number of rotatable bonds is 7. The Morgan fingerprint density at radius 1 is 1.33 bits per heavy atom. The van der Waals surface area contributed by atoms with Gasteiger partial charge in [0.25, 0.3) is 0 Å². The minimum atomic E-state index is -3.20. The summed E-state index contributed by atoms with van der Waals surface area (Å²) in [6, 6.07) is 9.61. The molecule has 1 aliphatic heterocycles. The Hall–Kier alpha value is -0.910. The molecule has 1 aliphatic rings. The molecular weight excluding hydrogens is 286 g/mol. The lowest BCUT2D eigenvalue weighted by atomic mass is 10.0. The third-order valence-corrected chi connectivity index (χ3v) is 6.51. The van der Waals surface area contributed by atoms with Gasteiger partial charge in [-0.25, -0.2) is 8.42 Å². The van der Waals surface area contributed by atoms with Gasteiger partial charge in [-0.15, -0.1) is 0 Å². The van der Waals surface area contributed by atoms with E-state index in [4.69, 9.17) is 4.74 Å². The molecule has 3 atom stereocenters. The summed E-state index contributed by atoms with van der Waals surface area (Å²) in [5.74, 6) is 0.135. The molecule has 0 bridgehead atoms. The van der Waals surface area contributed by atoms with Crippen molar-refractivity contribution >= 4 is 9.84 Å². The predicted octanol–water partition coefficient (Wildman–Crippen LogP) is 2.32. The van der Waals surface area contributed by atoms with Crippen LogP contribution in [0.1, 0.15) is 37.8 Å². The van der Waals surface area contributed by atoms with E-state index in [1.54, 1.807) is 0 Å². The Morgan fingerprint density at radius 2 is 2.05 bits per heavy atom. The van der Waals surface area contributed by atoms with Gasteiger partial charge in [-0.05, 0) is 31.9 Å². The van der Waals surface area contributed by atoms with Crippen LogP contribution in [0, 0.1) is 0 Å². The molecule has 0 saturated carbocycles. The Kier molecular flexibility index (Phi) is 5.79. The summed E-state index contributed by atoms with van der Waals surface area (Å²) < 4.78 is 31.0. The highest BCUT2D eigenvalue weighted by Crippen LogP contribution is 2.27. The van der Waals surface area contributed by atoms with Crippen LogP contribution in [0.4, 0.5) is 0 Å². The van der Waals surface area contributed by atoms with E-state index < -0.39 is 15.1 Å². The number of benzene rings is 1. The molecule has 0 amide bonds. The van der Waals surface area contributed by atoms with Crippen LogP contribution in [-0.2, 0) is 14.6 Å². The van der Waals surface area contributed by atoms with Crippen LogP contribution >= 0.6 is 0 Å². The fourth-order valence-electron chi connectivity index (χ4n) is 3.08. The first-order valence-electron chi connectivity index (χ1n) is 7.64. The van der Waals surface area contributed by atoms with Gasteiger partial charge in [0.15, 0.2) is 9.84 Å². The van der Waals surface area contributed by atoms with Gasteiger partial charge in [0, 0.05) is 12.6 Å². The zero-order chi connectivity index (χ0) is 15.3. The summed E-state index contributed by atoms with van der Waals surface area (Å²) in [5, 5.41) is 2.76. The Bertz CT molecular complexity index is 524. The van der Waals surface area contributed by atoms with Crippen LogP contribution in [0.5, 0.6) is 0 Å². The monoisotopic (exact) mass is 311 g/mol. The van der Waals surface area contributed by atoms with Gasteiger partial charge in [-0.3, -0.25) is 0 Å². The fourth-order valence-corrected chi connectivity index (χ4v) is 5.33. The summed E-state index contributed by atoms with van der Waals surface area (Å²) in [6.07, 6.45) is 2.28. The molecule has 2 rings (SSSR count). The summed E-state index contributed by atoms with van der Waals surface area (Å²) in [5.41, 5.74) is 1.02. The maximum Gasteiger partial charge on any atom is 0.157 e. The van der Waals surface area contributed by atoms with Gasteiger partial charge >= 0.3 is 0 Å². The third-order valence-electron chi connectivity index (χ3n) is 4.15. The lowest BCUT2D eigenvalue weighted by Crippen LogP contribution is -2.39. The second-order valence-electron chi connectivity index (χ2n) is 5.59. The minimum Gasteiger partial charge on any atom is -0.377 e. The minimum absolute atomic E-state index is 0.127. The molecular formula is C16H25NO3S. The summed E-state index contributed by atoms with van der Waals surface area (Å²) in [7, 11) is -1.38. The molecule has 1 heterocycles. The largest absolute Gasteiger partial charge is 0.377 e. The van der Waals surface area contributed by atoms with E-state index in [1.165, 1.54) is 0 Å². The van der Waals surface area contributed by atoms with Gasteiger partial charge in [-0.2, -0.15) is 0 Å². The van der Waals surface area contributed by atoms with E-state index in [1.807, 2.05) is 44.3 Å². The zero-order valence-electron chi connectivity index (χ0n) is 12.8. The van der Waals surface area contributed by atoms with Crippen molar-refractivity contribution in [2.75, 3.05) is 19.4 Å². The van der Waals surface area contributed by atoms with Crippen LogP contribution in [0.2, 0.25) is 0 Å². The molecule has 3 unspecified atom stereocenters. The molecule has 4 nitrogen and oxygen atoms in total. The second-order valence-corrected chi connectivity index (χ2v) is 7.85. The maximum absolute atomic E-state index is 12.8. The van der Waals surface area contributed by atoms with E-state index in [0.29, 0.717) is 13.0 Å². The van der Waals surface area contributed by atoms with E-state index in [9.17, 15) is 8.42 Å². The van der Waals surface area contributed by atoms with Crippen molar-refractivity contribution in [2.24, 2.45) is 0 Å². The first kappa shape index (κ1) is 16.5. The maximum atomic E-state index is 12.8. The number of nitrogens with one attached hydrogen (secondary N) is 1. The first-order chi connectivity index (χ1) is 10.1. The van der Waals surface area contributed by atoms with E-state index >= 15 is 0 Å². The third kappa shape index (κ3) is 4.05. The normalized spacial score (nSPS) is 22.1. The Balaban J connectivity index is 2.19. The fraction of sp³-hybridized carbons (Fsp3) is 0.625. The number of sulfone groups is 1. The van der Waals surface area contributed by atoms with Crippen LogP contribution in [0.25, 0.3) is 0 Å². The Labute approximate surface area is 127 Å². The average Bonchev–Trinajstić information content (AvgIpc) is 2.97. The molecule has 1 aromatic carbocycles. The standard InChI is InChI=1S/C16H25NO3S/c1-3-15(16(17-2)13-8-5-4-6-9-13)21(18,19)12-14-10-7-11-20-14/h4-6,8-9,14-17H,3,7,10-12H2,1-2H3. The highest BCUT2D eigenvalue weighted by atomic mass is 32.2. The molecule has 0 radical (unpaired) electrons. The van der Waals surface area contributed by atoms with Crippen LogP contribution in [0.3, 0.4) is 0 Å². The van der Waals surface area contributed by atoms with Gasteiger partial charge in [0.1, 0.15) is 0 Å². The molecule has 0 aromatic heterocycles. The van der Waals surface area contributed by atoms with Gasteiger partial charge in [0.2, 0.25) is 0 Å². The Morgan fingerprint density at radius 3 is 2.57 bits per heavy atom. The van der Waals surface area contributed by atoms with E-state index in [-0.39, 0.29) is 17.9 Å². The summed E-state index contributed by atoms with van der Waals surface area (Å²) >= 11 is 0. The quantitative estimate of drug-likeness (QED) is 0.839. The molecule has 1 N–H and O–H groups in total.